The summed E-state index contributed by atoms with van der Waals surface area (Å²) in [5.74, 6) is 2.72. The number of benzene rings is 1. The number of aromatic nitrogens is 3. The molecule has 2 aliphatic rings. The van der Waals surface area contributed by atoms with Gasteiger partial charge in [-0.15, -0.1) is 10.2 Å². The van der Waals surface area contributed by atoms with Gasteiger partial charge in [0.1, 0.15) is 12.4 Å². The smallest absolute Gasteiger partial charge is 0.192 e. The lowest BCUT2D eigenvalue weighted by atomic mass is 9.96. The van der Waals surface area contributed by atoms with E-state index in [-0.39, 0.29) is 0 Å². The number of hydrogen-bond acceptors (Lipinski definition) is 4. The molecule has 7 heteroatoms. The number of aliphatic imine (C=N–C) groups is 1. The first-order chi connectivity index (χ1) is 14.6. The number of nitrogens with zero attached hydrogens (tertiary/aromatic N) is 5. The third-order valence-electron chi connectivity index (χ3n) is 6.44. The third-order valence-corrected chi connectivity index (χ3v) is 6.44. The van der Waals surface area contributed by atoms with Crippen LogP contribution in [0.15, 0.2) is 29.3 Å². The molecule has 0 spiro atoms. The maximum atomic E-state index is 4.89. The van der Waals surface area contributed by atoms with Gasteiger partial charge in [-0.2, -0.15) is 0 Å². The van der Waals surface area contributed by atoms with Gasteiger partial charge < -0.3 is 20.1 Å². The number of nitrogens with one attached hydrogen (secondary N) is 2. The Labute approximate surface area is 180 Å². The van der Waals surface area contributed by atoms with Crippen molar-refractivity contribution in [1.29, 1.82) is 0 Å². The Bertz CT molecular complexity index is 849. The quantitative estimate of drug-likeness (QED) is 0.587. The van der Waals surface area contributed by atoms with E-state index in [1.165, 1.54) is 43.4 Å². The van der Waals surface area contributed by atoms with Gasteiger partial charge >= 0.3 is 0 Å². The first-order valence-electron chi connectivity index (χ1n) is 11.3. The highest BCUT2D eigenvalue weighted by atomic mass is 15.3. The molecule has 1 aliphatic carbocycles. The summed E-state index contributed by atoms with van der Waals surface area (Å²) in [6.45, 7) is 6.71. The maximum Gasteiger partial charge on any atom is 0.192 e. The third kappa shape index (κ3) is 5.12. The Morgan fingerprint density at radius 2 is 1.73 bits per heavy atom. The van der Waals surface area contributed by atoms with E-state index in [4.69, 9.17) is 4.99 Å². The summed E-state index contributed by atoms with van der Waals surface area (Å²) in [6, 6.07) is 9.74. The summed E-state index contributed by atoms with van der Waals surface area (Å²) in [6.07, 6.45) is 7.52. The zero-order chi connectivity index (χ0) is 20.9. The highest BCUT2D eigenvalue weighted by Gasteiger charge is 2.24. The molecule has 7 nitrogen and oxygen atoms in total. The van der Waals surface area contributed by atoms with Gasteiger partial charge in [0, 0.05) is 37.9 Å². The lowest BCUT2D eigenvalue weighted by Gasteiger charge is -2.27. The van der Waals surface area contributed by atoms with Crippen LogP contribution in [0.1, 0.15) is 55.7 Å². The highest BCUT2D eigenvalue weighted by molar-refractivity contribution is 5.80. The number of rotatable bonds is 5. The van der Waals surface area contributed by atoms with Gasteiger partial charge in [0.2, 0.25) is 0 Å². The summed E-state index contributed by atoms with van der Waals surface area (Å²) in [5, 5.41) is 15.8. The molecule has 0 amide bonds. The van der Waals surface area contributed by atoms with Crippen LogP contribution < -0.4 is 15.5 Å². The molecule has 0 bridgehead atoms. The Morgan fingerprint density at radius 1 is 1.00 bits per heavy atom. The Hall–Kier alpha value is -2.57. The molecule has 2 heterocycles. The molecular formula is C23H35N7. The minimum Gasteiger partial charge on any atom is -0.369 e. The van der Waals surface area contributed by atoms with Crippen LogP contribution in [0.4, 0.5) is 5.69 Å². The molecule has 1 aromatic carbocycles. The van der Waals surface area contributed by atoms with Crippen LogP contribution in [-0.2, 0) is 13.6 Å². The zero-order valence-corrected chi connectivity index (χ0v) is 18.6. The molecule has 2 fully saturated rings. The van der Waals surface area contributed by atoms with E-state index >= 15 is 0 Å². The predicted octanol–water partition coefficient (Wildman–Crippen LogP) is 3.08. The van der Waals surface area contributed by atoms with Crippen molar-refractivity contribution in [3.05, 3.63) is 41.5 Å². The molecule has 1 unspecified atom stereocenters. The molecule has 1 saturated carbocycles. The van der Waals surface area contributed by atoms with Crippen molar-refractivity contribution in [2.24, 2.45) is 12.0 Å². The van der Waals surface area contributed by atoms with Crippen LogP contribution in [-0.4, -0.2) is 45.9 Å². The number of hydrogen-bond donors (Lipinski definition) is 2. The van der Waals surface area contributed by atoms with Gasteiger partial charge in [0.05, 0.1) is 0 Å². The topological polar surface area (TPSA) is 70.4 Å². The molecule has 162 valence electrons. The summed E-state index contributed by atoms with van der Waals surface area (Å²) >= 11 is 0. The van der Waals surface area contributed by atoms with Crippen LogP contribution in [0, 0.1) is 13.8 Å². The lowest BCUT2D eigenvalue weighted by Crippen LogP contribution is -2.48. The fourth-order valence-corrected chi connectivity index (χ4v) is 4.37. The van der Waals surface area contributed by atoms with Crippen LogP contribution in [0.5, 0.6) is 0 Å². The molecule has 1 saturated heterocycles. The Morgan fingerprint density at radius 3 is 2.43 bits per heavy atom. The van der Waals surface area contributed by atoms with Gasteiger partial charge in [-0.05, 0) is 45.2 Å². The first-order valence-corrected chi connectivity index (χ1v) is 11.3. The predicted molar refractivity (Wildman–Crippen MR) is 122 cm³/mol. The van der Waals surface area contributed by atoms with Gasteiger partial charge in [-0.1, -0.05) is 37.0 Å². The van der Waals surface area contributed by atoms with Crippen molar-refractivity contribution in [2.45, 2.75) is 71.0 Å². The summed E-state index contributed by atoms with van der Waals surface area (Å²) < 4.78 is 2.01. The van der Waals surface area contributed by atoms with Crippen LogP contribution in [0.2, 0.25) is 0 Å². The van der Waals surface area contributed by atoms with Crippen LogP contribution in [0.25, 0.3) is 0 Å². The lowest BCUT2D eigenvalue weighted by molar-refractivity contribution is 0.408. The second-order valence-corrected chi connectivity index (χ2v) is 8.78. The van der Waals surface area contributed by atoms with Gasteiger partial charge in [0.25, 0.3) is 0 Å². The van der Waals surface area contributed by atoms with E-state index in [2.05, 4.69) is 56.9 Å². The first kappa shape index (κ1) is 20.7. The van der Waals surface area contributed by atoms with E-state index in [1.807, 2.05) is 18.5 Å². The monoisotopic (exact) mass is 409 g/mol. The summed E-state index contributed by atoms with van der Waals surface area (Å²) in [5.41, 5.74) is 2.61. The fourth-order valence-electron chi connectivity index (χ4n) is 4.37. The van der Waals surface area contributed by atoms with Crippen molar-refractivity contribution in [3.8, 4) is 0 Å². The molecule has 2 aromatic rings. The number of aryl methyl sites for hydroxylation is 2. The van der Waals surface area contributed by atoms with E-state index in [1.54, 1.807) is 0 Å². The van der Waals surface area contributed by atoms with E-state index in [0.29, 0.717) is 18.6 Å². The van der Waals surface area contributed by atoms with E-state index in [0.717, 1.165) is 37.1 Å². The summed E-state index contributed by atoms with van der Waals surface area (Å²) in [4.78, 5) is 7.35. The Kier molecular flexibility index (Phi) is 6.55. The molecule has 0 radical (unpaired) electrons. The molecule has 1 atom stereocenters. The van der Waals surface area contributed by atoms with Crippen molar-refractivity contribution in [3.63, 3.8) is 0 Å². The van der Waals surface area contributed by atoms with Gasteiger partial charge in [-0.3, -0.25) is 0 Å². The standard InChI is InChI=1S/C23H35N7/c1-17-9-11-21(12-10-17)30-14-13-20(16-30)26-23(25-19-7-5-4-6-8-19)24-15-22-28-27-18(2)29(22)3/h9-12,19-20H,4-8,13-16H2,1-3H3,(H2,24,25,26). The number of guanidine groups is 1. The average Bonchev–Trinajstić information content (AvgIpc) is 3.35. The Balaban J connectivity index is 1.41. The average molecular weight is 410 g/mol. The van der Waals surface area contributed by atoms with Crippen LogP contribution >= 0.6 is 0 Å². The van der Waals surface area contributed by atoms with E-state index < -0.39 is 0 Å². The number of anilines is 1. The maximum absolute atomic E-state index is 4.89. The molecule has 2 N–H and O–H groups in total. The zero-order valence-electron chi connectivity index (χ0n) is 18.6. The highest BCUT2D eigenvalue weighted by Crippen LogP contribution is 2.21. The minimum absolute atomic E-state index is 0.391. The van der Waals surface area contributed by atoms with E-state index in [9.17, 15) is 0 Å². The molecule has 1 aromatic heterocycles. The minimum atomic E-state index is 0.391. The molecule has 4 rings (SSSR count). The normalized spacial score (nSPS) is 20.6. The van der Waals surface area contributed by atoms with Gasteiger partial charge in [-0.25, -0.2) is 4.99 Å². The molecule has 1 aliphatic heterocycles. The van der Waals surface area contributed by atoms with Crippen molar-refractivity contribution in [1.82, 2.24) is 25.4 Å². The SMILES string of the molecule is Cc1ccc(N2CCC(NC(=NCc3nnc(C)n3C)NC3CCCCC3)C2)cc1. The summed E-state index contributed by atoms with van der Waals surface area (Å²) in [7, 11) is 2.00. The molecular weight excluding hydrogens is 374 g/mol. The fraction of sp³-hybridized carbons (Fsp3) is 0.609. The van der Waals surface area contributed by atoms with Gasteiger partial charge in [0.15, 0.2) is 11.8 Å². The second-order valence-electron chi connectivity index (χ2n) is 8.78. The van der Waals surface area contributed by atoms with Crippen molar-refractivity contribution in [2.75, 3.05) is 18.0 Å². The second kappa shape index (κ2) is 9.49. The molecule has 30 heavy (non-hydrogen) atoms. The van der Waals surface area contributed by atoms with Crippen molar-refractivity contribution < 1.29 is 0 Å². The largest absolute Gasteiger partial charge is 0.369 e. The van der Waals surface area contributed by atoms with Crippen molar-refractivity contribution >= 4 is 11.6 Å². The van der Waals surface area contributed by atoms with Crippen LogP contribution in [0.3, 0.4) is 0 Å².